The third-order valence-electron chi connectivity index (χ3n) is 7.00. The van der Waals surface area contributed by atoms with Crippen molar-refractivity contribution in [1.29, 1.82) is 0 Å². The number of aromatic nitrogens is 2. The van der Waals surface area contributed by atoms with Crippen LogP contribution < -0.4 is 18.9 Å². The maximum absolute atomic E-state index is 13.3. The molecule has 9 nitrogen and oxygen atoms in total. The standard InChI is InChI=1S/C29H31N3O6/c1-16-11-22(30-28-24(35-5)8-7-23(34-4)27(16)28)19-12-20-15-32(9-10-37-29(20)25(13-19)36-6)26(33)14-21-17(2)31-38-18(21)3/h7-8,11-13H,9-10,14-15H2,1-6H3. The van der Waals surface area contributed by atoms with Gasteiger partial charge in [0.2, 0.25) is 5.91 Å². The average Bonchev–Trinajstić information content (AvgIpc) is 3.10. The average molecular weight is 518 g/mol. The van der Waals surface area contributed by atoms with E-state index in [0.29, 0.717) is 48.2 Å². The lowest BCUT2D eigenvalue weighted by Crippen LogP contribution is -2.33. The molecular formula is C29H31N3O6. The summed E-state index contributed by atoms with van der Waals surface area (Å²) in [5.74, 6) is 3.27. The molecule has 0 saturated heterocycles. The van der Waals surface area contributed by atoms with Crippen LogP contribution in [0.5, 0.6) is 23.0 Å². The number of rotatable bonds is 6. The highest BCUT2D eigenvalue weighted by atomic mass is 16.5. The molecule has 0 N–H and O–H groups in total. The summed E-state index contributed by atoms with van der Waals surface area (Å²) in [6.07, 6.45) is 0.223. The molecule has 198 valence electrons. The fraction of sp³-hybridized carbons (Fsp3) is 0.345. The van der Waals surface area contributed by atoms with Crippen molar-refractivity contribution in [1.82, 2.24) is 15.0 Å². The van der Waals surface area contributed by atoms with Crippen LogP contribution in [0.2, 0.25) is 0 Å². The first kappa shape index (κ1) is 25.4. The lowest BCUT2D eigenvalue weighted by Gasteiger charge is -2.20. The number of hydrogen-bond acceptors (Lipinski definition) is 8. The molecule has 4 aromatic rings. The summed E-state index contributed by atoms with van der Waals surface area (Å²) in [5.41, 5.74) is 5.72. The van der Waals surface area contributed by atoms with E-state index in [1.54, 1.807) is 26.2 Å². The van der Waals surface area contributed by atoms with E-state index in [0.717, 1.165) is 44.8 Å². The highest BCUT2D eigenvalue weighted by molar-refractivity contribution is 5.94. The summed E-state index contributed by atoms with van der Waals surface area (Å²) in [6, 6.07) is 9.68. The molecule has 3 heterocycles. The third kappa shape index (κ3) is 4.49. The maximum atomic E-state index is 13.3. The molecule has 0 spiro atoms. The highest BCUT2D eigenvalue weighted by Gasteiger charge is 2.26. The molecule has 2 aromatic heterocycles. The van der Waals surface area contributed by atoms with Gasteiger partial charge in [-0.15, -0.1) is 0 Å². The van der Waals surface area contributed by atoms with Crippen molar-refractivity contribution >= 4 is 16.8 Å². The van der Waals surface area contributed by atoms with Gasteiger partial charge in [-0.3, -0.25) is 4.79 Å². The highest BCUT2D eigenvalue weighted by Crippen LogP contribution is 2.40. The zero-order valence-corrected chi connectivity index (χ0v) is 22.5. The smallest absolute Gasteiger partial charge is 0.227 e. The van der Waals surface area contributed by atoms with Crippen LogP contribution in [-0.4, -0.2) is 55.4 Å². The van der Waals surface area contributed by atoms with E-state index in [4.69, 9.17) is 28.5 Å². The largest absolute Gasteiger partial charge is 0.496 e. The molecular weight excluding hydrogens is 486 g/mol. The molecule has 38 heavy (non-hydrogen) atoms. The Kier molecular flexibility index (Phi) is 6.84. The van der Waals surface area contributed by atoms with Gasteiger partial charge in [0.15, 0.2) is 11.5 Å². The van der Waals surface area contributed by atoms with Crippen molar-refractivity contribution in [2.75, 3.05) is 34.5 Å². The Balaban J connectivity index is 1.55. The van der Waals surface area contributed by atoms with Gasteiger partial charge in [0.05, 0.1) is 45.7 Å². The second-order valence-electron chi connectivity index (χ2n) is 9.33. The van der Waals surface area contributed by atoms with Gasteiger partial charge in [-0.05, 0) is 56.7 Å². The van der Waals surface area contributed by atoms with E-state index in [1.165, 1.54) is 0 Å². The van der Waals surface area contributed by atoms with Crippen LogP contribution in [0, 0.1) is 20.8 Å². The summed E-state index contributed by atoms with van der Waals surface area (Å²) < 4.78 is 28.2. The van der Waals surface area contributed by atoms with E-state index in [1.807, 2.05) is 51.1 Å². The number of carbonyl (C=O) groups is 1. The van der Waals surface area contributed by atoms with Crippen molar-refractivity contribution in [2.24, 2.45) is 0 Å². The van der Waals surface area contributed by atoms with E-state index in [2.05, 4.69) is 5.16 Å². The van der Waals surface area contributed by atoms with Crippen LogP contribution in [0.3, 0.4) is 0 Å². The van der Waals surface area contributed by atoms with Crippen LogP contribution in [0.1, 0.15) is 28.1 Å². The van der Waals surface area contributed by atoms with Gasteiger partial charge in [0.1, 0.15) is 29.4 Å². The van der Waals surface area contributed by atoms with Crippen molar-refractivity contribution in [3.8, 4) is 34.3 Å². The number of nitrogens with zero attached hydrogens (tertiary/aromatic N) is 3. The van der Waals surface area contributed by atoms with Crippen molar-refractivity contribution < 1.29 is 28.3 Å². The number of carbonyl (C=O) groups excluding carboxylic acids is 1. The lowest BCUT2D eigenvalue weighted by molar-refractivity contribution is -0.131. The molecule has 1 aliphatic rings. The first-order chi connectivity index (χ1) is 18.3. The Morgan fingerprint density at radius 1 is 1.00 bits per heavy atom. The van der Waals surface area contributed by atoms with Crippen LogP contribution in [0.15, 0.2) is 34.9 Å². The number of methoxy groups -OCH3 is 3. The minimum atomic E-state index is -0.0169. The molecule has 2 aromatic carbocycles. The van der Waals surface area contributed by atoms with Gasteiger partial charge >= 0.3 is 0 Å². The molecule has 0 aliphatic carbocycles. The van der Waals surface area contributed by atoms with Crippen molar-refractivity contribution in [3.05, 3.63) is 58.5 Å². The third-order valence-corrected chi connectivity index (χ3v) is 7.00. The number of amides is 1. The number of fused-ring (bicyclic) bond motifs is 2. The quantitative estimate of drug-likeness (QED) is 0.360. The molecule has 1 amide bonds. The normalized spacial score (nSPS) is 13.1. The second-order valence-corrected chi connectivity index (χ2v) is 9.33. The molecule has 1 aliphatic heterocycles. The first-order valence-corrected chi connectivity index (χ1v) is 12.4. The van der Waals surface area contributed by atoms with Crippen molar-refractivity contribution in [2.45, 2.75) is 33.7 Å². The van der Waals surface area contributed by atoms with E-state index < -0.39 is 0 Å². The zero-order chi connectivity index (χ0) is 27.0. The van der Waals surface area contributed by atoms with Crippen LogP contribution >= 0.6 is 0 Å². The molecule has 0 atom stereocenters. The summed E-state index contributed by atoms with van der Waals surface area (Å²) in [7, 11) is 4.88. The predicted molar refractivity (Wildman–Crippen MR) is 142 cm³/mol. The number of pyridine rings is 1. The Hall–Kier alpha value is -4.27. The van der Waals surface area contributed by atoms with Crippen LogP contribution in [-0.2, 0) is 17.8 Å². The summed E-state index contributed by atoms with van der Waals surface area (Å²) in [6.45, 7) is 6.89. The summed E-state index contributed by atoms with van der Waals surface area (Å²) >= 11 is 0. The number of benzene rings is 2. The van der Waals surface area contributed by atoms with Gasteiger partial charge < -0.3 is 28.4 Å². The molecule has 0 fully saturated rings. The minimum absolute atomic E-state index is 0.0169. The van der Waals surface area contributed by atoms with Crippen LogP contribution in [0.25, 0.3) is 22.2 Å². The Bertz CT molecular complexity index is 1510. The molecule has 0 saturated carbocycles. The van der Waals surface area contributed by atoms with Crippen LogP contribution in [0.4, 0.5) is 0 Å². The SMILES string of the molecule is COc1cc(-c2cc(C)c3c(OC)ccc(OC)c3n2)cc2c1OCCN(C(=O)Cc1c(C)noc1C)C2. The van der Waals surface area contributed by atoms with E-state index >= 15 is 0 Å². The Morgan fingerprint density at radius 2 is 1.74 bits per heavy atom. The lowest BCUT2D eigenvalue weighted by atomic mass is 10.0. The first-order valence-electron chi connectivity index (χ1n) is 12.4. The molecule has 9 heteroatoms. The fourth-order valence-electron chi connectivity index (χ4n) is 4.97. The predicted octanol–water partition coefficient (Wildman–Crippen LogP) is 4.80. The molecule has 0 bridgehead atoms. The fourth-order valence-corrected chi connectivity index (χ4v) is 4.97. The van der Waals surface area contributed by atoms with Gasteiger partial charge in [-0.25, -0.2) is 4.98 Å². The van der Waals surface area contributed by atoms with Gasteiger partial charge in [-0.2, -0.15) is 0 Å². The Morgan fingerprint density at radius 3 is 2.42 bits per heavy atom. The number of hydrogen-bond donors (Lipinski definition) is 0. The van der Waals surface area contributed by atoms with E-state index in [-0.39, 0.29) is 12.3 Å². The van der Waals surface area contributed by atoms with Gasteiger partial charge in [-0.1, -0.05) is 5.16 Å². The van der Waals surface area contributed by atoms with Gasteiger partial charge in [0, 0.05) is 28.6 Å². The Labute approximate surface area is 221 Å². The second kappa shape index (κ2) is 10.2. The monoisotopic (exact) mass is 517 g/mol. The molecule has 0 radical (unpaired) electrons. The summed E-state index contributed by atoms with van der Waals surface area (Å²) in [5, 5.41) is 4.88. The number of aryl methyl sites for hydroxylation is 3. The summed E-state index contributed by atoms with van der Waals surface area (Å²) in [4.78, 5) is 20.1. The zero-order valence-electron chi connectivity index (χ0n) is 22.5. The topological polar surface area (TPSA) is 96.2 Å². The van der Waals surface area contributed by atoms with Crippen molar-refractivity contribution in [3.63, 3.8) is 0 Å². The number of ether oxygens (including phenoxy) is 4. The van der Waals surface area contributed by atoms with E-state index in [9.17, 15) is 4.79 Å². The molecule has 0 unspecified atom stereocenters. The van der Waals surface area contributed by atoms with Gasteiger partial charge in [0.25, 0.3) is 0 Å². The maximum Gasteiger partial charge on any atom is 0.227 e. The molecule has 5 rings (SSSR count). The minimum Gasteiger partial charge on any atom is -0.496 e.